The van der Waals surface area contributed by atoms with E-state index in [1.807, 2.05) is 31.2 Å². The van der Waals surface area contributed by atoms with Crippen LogP contribution in [-0.2, 0) is 4.79 Å². The van der Waals surface area contributed by atoms with Gasteiger partial charge in [0.15, 0.2) is 0 Å². The molecule has 3 aromatic rings. The maximum absolute atomic E-state index is 12.0. The Morgan fingerprint density at radius 3 is 2.73 bits per heavy atom. The zero-order chi connectivity index (χ0) is 18.5. The Morgan fingerprint density at radius 1 is 1.12 bits per heavy atom. The van der Waals surface area contributed by atoms with Gasteiger partial charge in [-0.2, -0.15) is 0 Å². The summed E-state index contributed by atoms with van der Waals surface area (Å²) in [5.41, 5.74) is 7.28. The molecule has 0 unspecified atom stereocenters. The molecule has 1 heterocycles. The number of H-pyrrole nitrogens is 1. The van der Waals surface area contributed by atoms with Gasteiger partial charge in [0.1, 0.15) is 0 Å². The highest BCUT2D eigenvalue weighted by Crippen LogP contribution is 2.30. The first-order valence-corrected chi connectivity index (χ1v) is 9.21. The zero-order valence-corrected chi connectivity index (χ0v) is 15.5. The molecule has 0 fully saturated rings. The van der Waals surface area contributed by atoms with Gasteiger partial charge in [0.05, 0.1) is 5.75 Å². The third-order valence-electron chi connectivity index (χ3n) is 3.58. The quantitative estimate of drug-likeness (QED) is 0.401. The van der Waals surface area contributed by atoms with Gasteiger partial charge in [-0.15, -0.1) is 11.8 Å². The summed E-state index contributed by atoms with van der Waals surface area (Å²) in [4.78, 5) is 28.1. The SMILES string of the molecule is Cc1[nH]c2ccccc2c1SCC(=O)NNC(=O)Nc1cccc(Cl)c1. The summed E-state index contributed by atoms with van der Waals surface area (Å²) < 4.78 is 0. The smallest absolute Gasteiger partial charge is 0.337 e. The van der Waals surface area contributed by atoms with Gasteiger partial charge in [-0.3, -0.25) is 10.2 Å². The van der Waals surface area contributed by atoms with Gasteiger partial charge in [-0.05, 0) is 31.2 Å². The second-order valence-electron chi connectivity index (χ2n) is 5.55. The largest absolute Gasteiger partial charge is 0.358 e. The zero-order valence-electron chi connectivity index (χ0n) is 13.9. The molecule has 134 valence electrons. The van der Waals surface area contributed by atoms with E-state index >= 15 is 0 Å². The molecule has 26 heavy (non-hydrogen) atoms. The maximum Gasteiger partial charge on any atom is 0.337 e. The number of hydrogen-bond acceptors (Lipinski definition) is 3. The first-order valence-electron chi connectivity index (χ1n) is 7.84. The average molecular weight is 389 g/mol. The number of urea groups is 1. The number of carbonyl (C=O) groups is 2. The minimum atomic E-state index is -0.547. The number of anilines is 1. The summed E-state index contributed by atoms with van der Waals surface area (Å²) in [6.07, 6.45) is 0. The van der Waals surface area contributed by atoms with Gasteiger partial charge in [-0.25, -0.2) is 10.2 Å². The van der Waals surface area contributed by atoms with Gasteiger partial charge in [-0.1, -0.05) is 35.9 Å². The normalized spacial score (nSPS) is 10.5. The number of carbonyl (C=O) groups excluding carboxylic acids is 2. The van der Waals surface area contributed by atoms with Crippen molar-refractivity contribution in [3.63, 3.8) is 0 Å². The van der Waals surface area contributed by atoms with Crippen molar-refractivity contribution in [1.82, 2.24) is 15.8 Å². The number of aromatic nitrogens is 1. The molecule has 0 atom stereocenters. The molecule has 4 N–H and O–H groups in total. The predicted molar refractivity (Wildman–Crippen MR) is 106 cm³/mol. The van der Waals surface area contributed by atoms with Crippen LogP contribution in [0.1, 0.15) is 5.69 Å². The number of hydrazine groups is 1. The van der Waals surface area contributed by atoms with Crippen molar-refractivity contribution in [2.45, 2.75) is 11.8 Å². The minimum absolute atomic E-state index is 0.181. The predicted octanol–water partition coefficient (Wildman–Crippen LogP) is 4.07. The summed E-state index contributed by atoms with van der Waals surface area (Å²) in [5, 5.41) is 4.17. The van der Waals surface area contributed by atoms with Crippen LogP contribution in [0, 0.1) is 6.92 Å². The summed E-state index contributed by atoms with van der Waals surface area (Å²) in [5.74, 6) is -0.124. The fourth-order valence-corrected chi connectivity index (χ4v) is 3.60. The lowest BCUT2D eigenvalue weighted by Crippen LogP contribution is -2.44. The van der Waals surface area contributed by atoms with Crippen LogP contribution in [0.2, 0.25) is 5.02 Å². The molecule has 0 aliphatic carbocycles. The molecule has 3 amide bonds. The highest BCUT2D eigenvalue weighted by molar-refractivity contribution is 8.00. The van der Waals surface area contributed by atoms with Crippen LogP contribution < -0.4 is 16.2 Å². The second kappa shape index (κ2) is 8.16. The molecule has 0 aliphatic heterocycles. The number of rotatable bonds is 4. The average Bonchev–Trinajstić information content (AvgIpc) is 2.93. The van der Waals surface area contributed by atoms with E-state index < -0.39 is 6.03 Å². The third-order valence-corrected chi connectivity index (χ3v) is 5.04. The summed E-state index contributed by atoms with van der Waals surface area (Å²) >= 11 is 7.27. The fraction of sp³-hybridized carbons (Fsp3) is 0.111. The second-order valence-corrected chi connectivity index (χ2v) is 6.97. The molecule has 3 rings (SSSR count). The van der Waals surface area contributed by atoms with Gasteiger partial charge in [0, 0.05) is 32.2 Å². The van der Waals surface area contributed by atoms with E-state index in [4.69, 9.17) is 11.6 Å². The first-order chi connectivity index (χ1) is 12.5. The Bertz CT molecular complexity index is 957. The Hall–Kier alpha value is -2.64. The number of halogens is 1. The summed E-state index contributed by atoms with van der Waals surface area (Å²) in [6.45, 7) is 1.97. The Morgan fingerprint density at radius 2 is 1.92 bits per heavy atom. The number of thioether (sulfide) groups is 1. The van der Waals surface area contributed by atoms with Crippen molar-refractivity contribution in [3.05, 3.63) is 59.2 Å². The molecule has 6 nitrogen and oxygen atoms in total. The van der Waals surface area contributed by atoms with Crippen molar-refractivity contribution >= 4 is 51.9 Å². The van der Waals surface area contributed by atoms with Crippen molar-refractivity contribution in [2.75, 3.05) is 11.1 Å². The highest BCUT2D eigenvalue weighted by Gasteiger charge is 2.11. The maximum atomic E-state index is 12.0. The third kappa shape index (κ3) is 4.50. The van der Waals surface area contributed by atoms with Crippen molar-refractivity contribution in [1.29, 1.82) is 0 Å². The molecule has 0 saturated heterocycles. The molecular weight excluding hydrogens is 372 g/mol. The number of amides is 3. The summed E-state index contributed by atoms with van der Waals surface area (Å²) in [6, 6.07) is 14.1. The fourth-order valence-electron chi connectivity index (χ4n) is 2.47. The number of hydrogen-bond donors (Lipinski definition) is 4. The number of fused-ring (bicyclic) bond motifs is 1. The number of aryl methyl sites for hydroxylation is 1. The van der Waals surface area contributed by atoms with Crippen molar-refractivity contribution < 1.29 is 9.59 Å². The molecular formula is C18H17ClN4O2S. The Kier molecular flexibility index (Phi) is 5.70. The molecule has 0 aliphatic rings. The summed E-state index contributed by atoms with van der Waals surface area (Å²) in [7, 11) is 0. The lowest BCUT2D eigenvalue weighted by Gasteiger charge is -2.09. The Balaban J connectivity index is 1.49. The number of para-hydroxylation sites is 1. The molecule has 1 aromatic heterocycles. The molecule has 8 heteroatoms. The van der Waals surface area contributed by atoms with E-state index in [1.165, 1.54) is 11.8 Å². The van der Waals surface area contributed by atoms with E-state index in [-0.39, 0.29) is 11.7 Å². The lowest BCUT2D eigenvalue weighted by atomic mass is 10.2. The van der Waals surface area contributed by atoms with Gasteiger partial charge in [0.25, 0.3) is 0 Å². The molecule has 0 bridgehead atoms. The van der Waals surface area contributed by atoms with Crippen LogP contribution in [0.25, 0.3) is 10.9 Å². The van der Waals surface area contributed by atoms with Gasteiger partial charge < -0.3 is 10.3 Å². The van der Waals surface area contributed by atoms with E-state index in [2.05, 4.69) is 21.2 Å². The monoisotopic (exact) mass is 388 g/mol. The number of nitrogens with one attached hydrogen (secondary N) is 4. The minimum Gasteiger partial charge on any atom is -0.358 e. The number of benzene rings is 2. The standard InChI is InChI=1S/C18H17ClN4O2S/c1-11-17(14-7-2-3-8-15(14)20-11)26-10-16(24)22-23-18(25)21-13-6-4-5-12(19)9-13/h2-9,20H,10H2,1H3,(H,22,24)(H2,21,23,25). The van der Waals surface area contributed by atoms with E-state index in [0.717, 1.165) is 21.5 Å². The molecule has 0 spiro atoms. The Labute approximate surface area is 159 Å². The topological polar surface area (TPSA) is 86.0 Å². The molecule has 0 radical (unpaired) electrons. The highest BCUT2D eigenvalue weighted by atomic mass is 35.5. The van der Waals surface area contributed by atoms with E-state index in [1.54, 1.807) is 24.3 Å². The van der Waals surface area contributed by atoms with E-state index in [9.17, 15) is 9.59 Å². The molecule has 2 aromatic carbocycles. The molecule has 0 saturated carbocycles. The van der Waals surface area contributed by atoms with Crippen LogP contribution in [0.3, 0.4) is 0 Å². The van der Waals surface area contributed by atoms with Gasteiger partial charge >= 0.3 is 6.03 Å². The van der Waals surface area contributed by atoms with Crippen LogP contribution >= 0.6 is 23.4 Å². The lowest BCUT2D eigenvalue weighted by molar-refractivity contribution is -0.119. The van der Waals surface area contributed by atoms with Crippen LogP contribution in [0.4, 0.5) is 10.5 Å². The number of aromatic amines is 1. The first kappa shape index (κ1) is 18.2. The van der Waals surface area contributed by atoms with Gasteiger partial charge in [0.2, 0.25) is 5.91 Å². The van der Waals surface area contributed by atoms with Crippen LogP contribution in [0.15, 0.2) is 53.4 Å². The van der Waals surface area contributed by atoms with Crippen LogP contribution in [-0.4, -0.2) is 22.7 Å². The van der Waals surface area contributed by atoms with Crippen molar-refractivity contribution in [2.24, 2.45) is 0 Å². The van der Waals surface area contributed by atoms with Crippen LogP contribution in [0.5, 0.6) is 0 Å². The van der Waals surface area contributed by atoms with Crippen molar-refractivity contribution in [3.8, 4) is 0 Å². The van der Waals surface area contributed by atoms with E-state index in [0.29, 0.717) is 10.7 Å².